The number of amides is 1. The van der Waals surface area contributed by atoms with Gasteiger partial charge in [-0.05, 0) is 60.9 Å². The molecule has 6 nitrogen and oxygen atoms in total. The van der Waals surface area contributed by atoms with Crippen LogP contribution < -0.4 is 15.5 Å². The van der Waals surface area contributed by atoms with Crippen LogP contribution in [-0.4, -0.2) is 50.0 Å². The molecule has 1 amide bonds. The van der Waals surface area contributed by atoms with E-state index in [1.54, 1.807) is 18.4 Å². The number of rotatable bonds is 5. The maximum Gasteiger partial charge on any atom is 0.242 e. The summed E-state index contributed by atoms with van der Waals surface area (Å²) >= 11 is 1.79. The van der Waals surface area contributed by atoms with Gasteiger partial charge in [0.05, 0.1) is 12.6 Å². The van der Waals surface area contributed by atoms with Gasteiger partial charge in [0.2, 0.25) is 5.91 Å². The molecule has 1 saturated heterocycles. The van der Waals surface area contributed by atoms with Crippen LogP contribution in [0.4, 0.5) is 5.69 Å². The molecule has 0 bridgehead atoms. The standard InChI is InChI=1S/C23H31N5OS.HI/c1-17(18-6-5-7-20(14-18)27-10-3-4-11-27)26-23(24-2)25-15-22(29)28-12-8-21-19(16-28)9-13-30-21;/h5-7,9,13-14,17H,3-4,8,10-12,15-16H2,1-2H3,(H2,24,25,26);1H. The number of hydrogen-bond donors (Lipinski definition) is 2. The Kier molecular flexibility index (Phi) is 8.59. The van der Waals surface area contributed by atoms with Crippen LogP contribution in [0.25, 0.3) is 0 Å². The number of thiophene rings is 1. The van der Waals surface area contributed by atoms with Gasteiger partial charge in [-0.2, -0.15) is 0 Å². The highest BCUT2D eigenvalue weighted by Crippen LogP contribution is 2.25. The van der Waals surface area contributed by atoms with Crippen molar-refractivity contribution >= 4 is 52.9 Å². The minimum atomic E-state index is 0. The number of guanidine groups is 1. The third-order valence-corrected chi connectivity index (χ3v) is 7.01. The first-order chi connectivity index (χ1) is 14.6. The Balaban J connectivity index is 0.00000272. The number of nitrogens with zero attached hydrogens (tertiary/aromatic N) is 3. The highest BCUT2D eigenvalue weighted by molar-refractivity contribution is 14.0. The lowest BCUT2D eigenvalue weighted by molar-refractivity contribution is -0.130. The van der Waals surface area contributed by atoms with E-state index in [4.69, 9.17) is 0 Å². The predicted octanol–water partition coefficient (Wildman–Crippen LogP) is 3.78. The smallest absolute Gasteiger partial charge is 0.242 e. The normalized spacial score (nSPS) is 17.0. The third kappa shape index (κ3) is 5.91. The molecule has 0 spiro atoms. The number of benzene rings is 1. The van der Waals surface area contributed by atoms with Crippen molar-refractivity contribution in [3.05, 3.63) is 51.7 Å². The van der Waals surface area contributed by atoms with Gasteiger partial charge in [0.25, 0.3) is 0 Å². The largest absolute Gasteiger partial charge is 0.372 e. The Morgan fingerprint density at radius 1 is 1.23 bits per heavy atom. The van der Waals surface area contributed by atoms with E-state index in [0.717, 1.165) is 26.1 Å². The highest BCUT2D eigenvalue weighted by Gasteiger charge is 2.21. The number of aliphatic imine (C=N–C) groups is 1. The van der Waals surface area contributed by atoms with Gasteiger partial charge in [0.15, 0.2) is 5.96 Å². The van der Waals surface area contributed by atoms with Gasteiger partial charge in [-0.3, -0.25) is 9.79 Å². The van der Waals surface area contributed by atoms with Crippen LogP contribution >= 0.6 is 35.3 Å². The monoisotopic (exact) mass is 553 g/mol. The molecule has 4 rings (SSSR count). The summed E-state index contributed by atoms with van der Waals surface area (Å²) < 4.78 is 0. The van der Waals surface area contributed by atoms with Crippen molar-refractivity contribution in [3.8, 4) is 0 Å². The van der Waals surface area contributed by atoms with Crippen LogP contribution in [-0.2, 0) is 17.8 Å². The Morgan fingerprint density at radius 2 is 2.03 bits per heavy atom. The van der Waals surface area contributed by atoms with Crippen molar-refractivity contribution in [2.24, 2.45) is 4.99 Å². The van der Waals surface area contributed by atoms with Crippen LogP contribution in [0.3, 0.4) is 0 Å². The summed E-state index contributed by atoms with van der Waals surface area (Å²) in [6.45, 7) is 6.16. The first kappa shape index (κ1) is 23.8. The summed E-state index contributed by atoms with van der Waals surface area (Å²) in [6.07, 6.45) is 3.50. The molecule has 31 heavy (non-hydrogen) atoms. The summed E-state index contributed by atoms with van der Waals surface area (Å²) in [4.78, 5) is 22.8. The molecule has 168 valence electrons. The molecule has 1 fully saturated rings. The maximum absolute atomic E-state index is 12.7. The van der Waals surface area contributed by atoms with Crippen LogP contribution in [0, 0.1) is 0 Å². The molecule has 0 radical (unpaired) electrons. The van der Waals surface area contributed by atoms with E-state index in [9.17, 15) is 4.79 Å². The quantitative estimate of drug-likeness (QED) is 0.336. The fourth-order valence-corrected chi connectivity index (χ4v) is 5.07. The van der Waals surface area contributed by atoms with Gasteiger partial charge >= 0.3 is 0 Å². The molecule has 0 aliphatic carbocycles. The van der Waals surface area contributed by atoms with E-state index >= 15 is 0 Å². The topological polar surface area (TPSA) is 60.0 Å². The number of nitrogens with one attached hydrogen (secondary N) is 2. The van der Waals surface area contributed by atoms with Crippen LogP contribution in [0.5, 0.6) is 0 Å². The SMILES string of the molecule is CN=C(NCC(=O)N1CCc2sccc2C1)NC(C)c1cccc(N2CCCC2)c1.I. The maximum atomic E-state index is 12.7. The number of fused-ring (bicyclic) bond motifs is 1. The fraction of sp³-hybridized carbons (Fsp3) is 0.478. The zero-order valence-corrected chi connectivity index (χ0v) is 21.4. The summed E-state index contributed by atoms with van der Waals surface area (Å²) in [5, 5.41) is 8.73. The lowest BCUT2D eigenvalue weighted by atomic mass is 10.1. The minimum absolute atomic E-state index is 0. The first-order valence-corrected chi connectivity index (χ1v) is 11.7. The van der Waals surface area contributed by atoms with Crippen molar-refractivity contribution in [2.45, 2.75) is 38.8 Å². The predicted molar refractivity (Wildman–Crippen MR) is 140 cm³/mol. The summed E-state index contributed by atoms with van der Waals surface area (Å²) in [5.74, 6) is 0.758. The Labute approximate surface area is 206 Å². The van der Waals surface area contributed by atoms with Gasteiger partial charge in [-0.25, -0.2) is 0 Å². The summed E-state index contributed by atoms with van der Waals surface area (Å²) in [5.41, 5.74) is 3.79. The third-order valence-electron chi connectivity index (χ3n) is 5.99. The first-order valence-electron chi connectivity index (χ1n) is 10.8. The number of carbonyl (C=O) groups excluding carboxylic acids is 1. The molecule has 0 saturated carbocycles. The number of hydrogen-bond acceptors (Lipinski definition) is 4. The van der Waals surface area contributed by atoms with Gasteiger partial charge in [-0.1, -0.05) is 12.1 Å². The van der Waals surface area contributed by atoms with Crippen molar-refractivity contribution in [2.75, 3.05) is 38.1 Å². The zero-order chi connectivity index (χ0) is 20.9. The average molecular weight is 554 g/mol. The molecule has 2 aliphatic heterocycles. The van der Waals surface area contributed by atoms with Gasteiger partial charge in [-0.15, -0.1) is 35.3 Å². The molecule has 2 N–H and O–H groups in total. The number of halogens is 1. The second kappa shape index (κ2) is 11.2. The van der Waals surface area contributed by atoms with Gasteiger partial charge < -0.3 is 20.4 Å². The zero-order valence-electron chi connectivity index (χ0n) is 18.3. The van der Waals surface area contributed by atoms with E-state index in [2.05, 4.69) is 63.2 Å². The Bertz CT molecular complexity index is 909. The van der Waals surface area contributed by atoms with Crippen molar-refractivity contribution < 1.29 is 4.79 Å². The van der Waals surface area contributed by atoms with Crippen molar-refractivity contribution in [1.82, 2.24) is 15.5 Å². The summed E-state index contributed by atoms with van der Waals surface area (Å²) in [7, 11) is 1.74. The van der Waals surface area contributed by atoms with E-state index < -0.39 is 0 Å². The minimum Gasteiger partial charge on any atom is -0.372 e. The molecule has 8 heteroatoms. The van der Waals surface area contributed by atoms with Gasteiger partial charge in [0.1, 0.15) is 0 Å². The number of carbonyl (C=O) groups is 1. The van der Waals surface area contributed by atoms with Crippen molar-refractivity contribution in [1.29, 1.82) is 0 Å². The lowest BCUT2D eigenvalue weighted by Crippen LogP contribution is -2.46. The Morgan fingerprint density at radius 3 is 2.81 bits per heavy atom. The second-order valence-electron chi connectivity index (χ2n) is 8.02. The van der Waals surface area contributed by atoms with E-state index in [1.165, 1.54) is 34.5 Å². The van der Waals surface area contributed by atoms with E-state index in [0.29, 0.717) is 12.5 Å². The van der Waals surface area contributed by atoms with Crippen molar-refractivity contribution in [3.63, 3.8) is 0 Å². The van der Waals surface area contributed by atoms with Crippen LogP contribution in [0.2, 0.25) is 0 Å². The molecule has 1 aromatic heterocycles. The highest BCUT2D eigenvalue weighted by atomic mass is 127. The molecule has 1 atom stereocenters. The second-order valence-corrected chi connectivity index (χ2v) is 9.02. The van der Waals surface area contributed by atoms with Crippen LogP contribution in [0.15, 0.2) is 40.7 Å². The lowest BCUT2D eigenvalue weighted by Gasteiger charge is -2.27. The molecule has 1 aromatic carbocycles. The number of anilines is 1. The average Bonchev–Trinajstić information content (AvgIpc) is 3.48. The molecular weight excluding hydrogens is 521 g/mol. The molecule has 2 aromatic rings. The van der Waals surface area contributed by atoms with Gasteiger partial charge in [0, 0.05) is 43.8 Å². The molecular formula is C23H32IN5OS. The molecule has 1 unspecified atom stereocenters. The van der Waals surface area contributed by atoms with Crippen LogP contribution in [0.1, 0.15) is 41.8 Å². The van der Waals surface area contributed by atoms with E-state index in [1.807, 2.05) is 4.90 Å². The molecule has 3 heterocycles. The Hall–Kier alpha value is -1.81. The summed E-state index contributed by atoms with van der Waals surface area (Å²) in [6, 6.07) is 10.9. The molecule has 2 aliphatic rings. The van der Waals surface area contributed by atoms with E-state index in [-0.39, 0.29) is 42.5 Å². The fourth-order valence-electron chi connectivity index (χ4n) is 4.18.